The number of anilines is 1. The number of rotatable bonds is 7. The van der Waals surface area contributed by atoms with Crippen molar-refractivity contribution in [1.82, 2.24) is 5.32 Å². The molecule has 19 heavy (non-hydrogen) atoms. The van der Waals surface area contributed by atoms with E-state index < -0.39 is 0 Å². The van der Waals surface area contributed by atoms with Crippen LogP contribution in [0.25, 0.3) is 0 Å². The van der Waals surface area contributed by atoms with Crippen molar-refractivity contribution in [1.29, 1.82) is 0 Å². The summed E-state index contributed by atoms with van der Waals surface area (Å²) >= 11 is 0. The van der Waals surface area contributed by atoms with Gasteiger partial charge in [0, 0.05) is 12.6 Å². The first-order valence-electron chi connectivity index (χ1n) is 7.52. The Balaban J connectivity index is 1.70. The molecule has 0 amide bonds. The van der Waals surface area contributed by atoms with Gasteiger partial charge in [0.1, 0.15) is 11.9 Å². The second-order valence-corrected chi connectivity index (χ2v) is 5.42. The maximum atomic E-state index is 5.98. The highest BCUT2D eigenvalue weighted by Crippen LogP contribution is 2.27. The molecule has 2 atom stereocenters. The van der Waals surface area contributed by atoms with Gasteiger partial charge in [-0.25, -0.2) is 0 Å². The molecule has 106 valence electrons. The monoisotopic (exact) mass is 262 g/mol. The lowest BCUT2D eigenvalue weighted by atomic mass is 10.1. The summed E-state index contributed by atoms with van der Waals surface area (Å²) in [6.45, 7) is 6.30. The Morgan fingerprint density at radius 2 is 2.21 bits per heavy atom. The molecule has 3 nitrogen and oxygen atoms in total. The average Bonchev–Trinajstić information content (AvgIpc) is 2.45. The fraction of sp³-hybridized carbons (Fsp3) is 0.625. The Hall–Kier alpha value is -1.22. The zero-order chi connectivity index (χ0) is 13.5. The number of para-hydroxylation sites is 2. The van der Waals surface area contributed by atoms with E-state index in [2.05, 4.69) is 30.5 Å². The Kier molecular flexibility index (Phi) is 5.52. The first-order valence-corrected chi connectivity index (χ1v) is 7.52. The van der Waals surface area contributed by atoms with E-state index in [9.17, 15) is 0 Å². The first-order chi connectivity index (χ1) is 9.29. The Morgan fingerprint density at radius 3 is 3.05 bits per heavy atom. The molecule has 0 fully saturated rings. The molecule has 0 aromatic heterocycles. The highest BCUT2D eigenvalue weighted by molar-refractivity contribution is 5.57. The molecule has 2 rings (SSSR count). The van der Waals surface area contributed by atoms with Crippen molar-refractivity contribution in [2.45, 2.75) is 51.7 Å². The SMILES string of the molecule is CCCCCC(C)NCC1CNc2ccccc2O1. The molecule has 1 aromatic carbocycles. The van der Waals surface area contributed by atoms with Gasteiger partial charge < -0.3 is 15.4 Å². The zero-order valence-corrected chi connectivity index (χ0v) is 12.1. The quantitative estimate of drug-likeness (QED) is 0.739. The minimum absolute atomic E-state index is 0.225. The number of fused-ring (bicyclic) bond motifs is 1. The van der Waals surface area contributed by atoms with Gasteiger partial charge in [-0.2, -0.15) is 0 Å². The van der Waals surface area contributed by atoms with Crippen LogP contribution < -0.4 is 15.4 Å². The minimum atomic E-state index is 0.225. The molecule has 0 saturated heterocycles. The predicted molar refractivity (Wildman–Crippen MR) is 81.0 cm³/mol. The Labute approximate surface area is 116 Å². The summed E-state index contributed by atoms with van der Waals surface area (Å²) in [6, 6.07) is 8.71. The van der Waals surface area contributed by atoms with Gasteiger partial charge >= 0.3 is 0 Å². The number of ether oxygens (including phenoxy) is 1. The molecule has 3 heteroatoms. The van der Waals surface area contributed by atoms with E-state index in [0.29, 0.717) is 6.04 Å². The summed E-state index contributed by atoms with van der Waals surface area (Å²) in [5.74, 6) is 0.971. The van der Waals surface area contributed by atoms with Crippen LogP contribution in [0, 0.1) is 0 Å². The van der Waals surface area contributed by atoms with Crippen molar-refractivity contribution < 1.29 is 4.74 Å². The molecule has 2 unspecified atom stereocenters. The lowest BCUT2D eigenvalue weighted by Gasteiger charge is -2.28. The van der Waals surface area contributed by atoms with Crippen LogP contribution in [-0.2, 0) is 0 Å². The average molecular weight is 262 g/mol. The molecule has 0 spiro atoms. The molecule has 0 radical (unpaired) electrons. The molecular formula is C16H26N2O. The molecule has 2 N–H and O–H groups in total. The molecular weight excluding hydrogens is 236 g/mol. The topological polar surface area (TPSA) is 33.3 Å². The van der Waals surface area contributed by atoms with Gasteiger partial charge in [-0.3, -0.25) is 0 Å². The summed E-state index contributed by atoms with van der Waals surface area (Å²) in [5, 5.41) is 7.00. The van der Waals surface area contributed by atoms with E-state index in [4.69, 9.17) is 4.74 Å². The summed E-state index contributed by atoms with van der Waals surface area (Å²) in [6.07, 6.45) is 5.42. The van der Waals surface area contributed by atoms with E-state index in [0.717, 1.165) is 24.5 Å². The van der Waals surface area contributed by atoms with Crippen LogP contribution in [-0.4, -0.2) is 25.2 Å². The van der Waals surface area contributed by atoms with Crippen LogP contribution >= 0.6 is 0 Å². The van der Waals surface area contributed by atoms with Crippen molar-refractivity contribution in [3.63, 3.8) is 0 Å². The van der Waals surface area contributed by atoms with Crippen LogP contribution in [0.1, 0.15) is 39.5 Å². The lowest BCUT2D eigenvalue weighted by Crippen LogP contribution is -2.42. The minimum Gasteiger partial charge on any atom is -0.485 e. The van der Waals surface area contributed by atoms with E-state index in [1.807, 2.05) is 18.2 Å². The summed E-state index contributed by atoms with van der Waals surface area (Å²) in [7, 11) is 0. The zero-order valence-electron chi connectivity index (χ0n) is 12.1. The molecule has 1 aliphatic rings. The Morgan fingerprint density at radius 1 is 1.37 bits per heavy atom. The summed E-state index contributed by atoms with van der Waals surface area (Å²) < 4.78 is 5.98. The molecule has 0 aliphatic carbocycles. The van der Waals surface area contributed by atoms with Crippen molar-refractivity contribution in [3.8, 4) is 5.75 Å². The van der Waals surface area contributed by atoms with E-state index >= 15 is 0 Å². The summed E-state index contributed by atoms with van der Waals surface area (Å²) in [5.41, 5.74) is 1.11. The van der Waals surface area contributed by atoms with Gasteiger partial charge in [-0.15, -0.1) is 0 Å². The second kappa shape index (κ2) is 7.39. The van der Waals surface area contributed by atoms with Gasteiger partial charge in [0.25, 0.3) is 0 Å². The largest absolute Gasteiger partial charge is 0.485 e. The molecule has 0 bridgehead atoms. The van der Waals surface area contributed by atoms with E-state index in [1.165, 1.54) is 25.7 Å². The smallest absolute Gasteiger partial charge is 0.142 e. The lowest BCUT2D eigenvalue weighted by molar-refractivity contribution is 0.196. The van der Waals surface area contributed by atoms with Crippen molar-refractivity contribution >= 4 is 5.69 Å². The third-order valence-electron chi connectivity index (χ3n) is 3.64. The van der Waals surface area contributed by atoms with Crippen LogP contribution in [0.4, 0.5) is 5.69 Å². The Bertz CT molecular complexity index is 381. The van der Waals surface area contributed by atoms with E-state index in [-0.39, 0.29) is 6.10 Å². The maximum absolute atomic E-state index is 5.98. The standard InChI is InChI=1S/C16H26N2O/c1-3-4-5-8-13(2)17-11-14-12-18-15-9-6-7-10-16(15)19-14/h6-7,9-10,13-14,17-18H,3-5,8,11-12H2,1-2H3. The maximum Gasteiger partial charge on any atom is 0.142 e. The van der Waals surface area contributed by atoms with Crippen molar-refractivity contribution in [2.75, 3.05) is 18.4 Å². The van der Waals surface area contributed by atoms with Gasteiger partial charge in [0.2, 0.25) is 0 Å². The number of benzene rings is 1. The number of hydrogen-bond acceptors (Lipinski definition) is 3. The number of hydrogen-bond donors (Lipinski definition) is 2. The van der Waals surface area contributed by atoms with Gasteiger partial charge in [0.15, 0.2) is 0 Å². The van der Waals surface area contributed by atoms with Crippen molar-refractivity contribution in [3.05, 3.63) is 24.3 Å². The first kappa shape index (κ1) is 14.2. The highest BCUT2D eigenvalue weighted by atomic mass is 16.5. The predicted octanol–water partition coefficient (Wildman–Crippen LogP) is 3.42. The van der Waals surface area contributed by atoms with E-state index in [1.54, 1.807) is 0 Å². The van der Waals surface area contributed by atoms with Gasteiger partial charge in [-0.1, -0.05) is 38.3 Å². The molecule has 1 heterocycles. The second-order valence-electron chi connectivity index (χ2n) is 5.42. The van der Waals surface area contributed by atoms with Crippen LogP contribution in [0.5, 0.6) is 5.75 Å². The number of nitrogens with one attached hydrogen (secondary N) is 2. The normalized spacial score (nSPS) is 19.2. The van der Waals surface area contributed by atoms with Crippen LogP contribution in [0.2, 0.25) is 0 Å². The van der Waals surface area contributed by atoms with Crippen LogP contribution in [0.3, 0.4) is 0 Å². The summed E-state index contributed by atoms with van der Waals surface area (Å²) in [4.78, 5) is 0. The highest BCUT2D eigenvalue weighted by Gasteiger charge is 2.18. The fourth-order valence-electron chi connectivity index (χ4n) is 2.41. The van der Waals surface area contributed by atoms with Crippen LogP contribution in [0.15, 0.2) is 24.3 Å². The third-order valence-corrected chi connectivity index (χ3v) is 3.64. The molecule has 1 aromatic rings. The van der Waals surface area contributed by atoms with Gasteiger partial charge in [-0.05, 0) is 25.5 Å². The third kappa shape index (κ3) is 4.43. The molecule has 1 aliphatic heterocycles. The number of unbranched alkanes of at least 4 members (excludes halogenated alkanes) is 2. The van der Waals surface area contributed by atoms with Gasteiger partial charge in [0.05, 0.1) is 12.2 Å². The van der Waals surface area contributed by atoms with Crippen molar-refractivity contribution in [2.24, 2.45) is 0 Å². The fourth-order valence-corrected chi connectivity index (χ4v) is 2.41. The molecule has 0 saturated carbocycles.